The van der Waals surface area contributed by atoms with Crippen LogP contribution in [0.5, 0.6) is 0 Å². The lowest BCUT2D eigenvalue weighted by Gasteiger charge is -1.96. The fourth-order valence-corrected chi connectivity index (χ4v) is 0.952. The molecular formula is C11H28N2O2. The van der Waals surface area contributed by atoms with Crippen molar-refractivity contribution in [2.75, 3.05) is 39.9 Å². The monoisotopic (exact) mass is 220 g/mol. The first-order chi connectivity index (χ1) is 7.33. The number of aliphatic hydroxyl groups excluding tert-OH is 2. The van der Waals surface area contributed by atoms with Crippen LogP contribution in [-0.4, -0.2) is 50.1 Å². The standard InChI is InChI=1S/C6H15NO.C5H13NO/c1-2-7-5-3-4-6-8;1-6-4-2-3-5-7/h7-8H,2-6H2,1H3;6-7H,2-5H2,1H3. The third-order valence-electron chi connectivity index (χ3n) is 1.85. The van der Waals surface area contributed by atoms with Gasteiger partial charge in [-0.15, -0.1) is 0 Å². The first kappa shape index (κ1) is 17.2. The van der Waals surface area contributed by atoms with Crippen LogP contribution in [0.1, 0.15) is 32.6 Å². The molecule has 0 spiro atoms. The van der Waals surface area contributed by atoms with Crippen LogP contribution in [0.15, 0.2) is 0 Å². The Balaban J connectivity index is 0. The van der Waals surface area contributed by atoms with Crippen molar-refractivity contribution >= 4 is 0 Å². The van der Waals surface area contributed by atoms with Gasteiger partial charge in [0.25, 0.3) is 0 Å². The summed E-state index contributed by atoms with van der Waals surface area (Å²) in [6, 6.07) is 0. The van der Waals surface area contributed by atoms with Crippen LogP contribution in [0, 0.1) is 0 Å². The lowest BCUT2D eigenvalue weighted by Crippen LogP contribution is -2.13. The maximum Gasteiger partial charge on any atom is 0.0431 e. The number of unbranched alkanes of at least 4 members (excludes halogenated alkanes) is 2. The Morgan fingerprint density at radius 3 is 1.80 bits per heavy atom. The lowest BCUT2D eigenvalue weighted by molar-refractivity contribution is 0.284. The van der Waals surface area contributed by atoms with Crippen molar-refractivity contribution in [2.24, 2.45) is 0 Å². The zero-order chi connectivity index (χ0) is 11.8. The van der Waals surface area contributed by atoms with Crippen LogP contribution in [0.2, 0.25) is 0 Å². The molecule has 0 fully saturated rings. The molecule has 0 aliphatic carbocycles. The average molecular weight is 220 g/mol. The van der Waals surface area contributed by atoms with Crippen LogP contribution in [0.25, 0.3) is 0 Å². The van der Waals surface area contributed by atoms with E-state index in [1.165, 1.54) is 0 Å². The number of rotatable bonds is 9. The van der Waals surface area contributed by atoms with Crippen molar-refractivity contribution in [1.29, 1.82) is 0 Å². The predicted octanol–water partition coefficient (Wildman–Crippen LogP) is 0.347. The number of nitrogens with one attached hydrogen (secondary N) is 2. The Kier molecular flexibility index (Phi) is 22.3. The summed E-state index contributed by atoms with van der Waals surface area (Å²) in [6.45, 7) is 5.81. The second-order valence-corrected chi connectivity index (χ2v) is 3.32. The van der Waals surface area contributed by atoms with Gasteiger partial charge in [0.1, 0.15) is 0 Å². The van der Waals surface area contributed by atoms with Gasteiger partial charge in [-0.3, -0.25) is 0 Å². The van der Waals surface area contributed by atoms with Crippen molar-refractivity contribution in [2.45, 2.75) is 32.6 Å². The summed E-state index contributed by atoms with van der Waals surface area (Å²) < 4.78 is 0. The Morgan fingerprint density at radius 2 is 1.40 bits per heavy atom. The molecule has 0 aromatic rings. The average Bonchev–Trinajstić information content (AvgIpc) is 2.26. The molecule has 0 aliphatic rings. The Labute approximate surface area is 94.1 Å². The summed E-state index contributed by atoms with van der Waals surface area (Å²) in [6.07, 6.45) is 4.01. The molecule has 4 nitrogen and oxygen atoms in total. The fraction of sp³-hybridized carbons (Fsp3) is 1.00. The van der Waals surface area contributed by atoms with Crippen LogP contribution in [0.3, 0.4) is 0 Å². The van der Waals surface area contributed by atoms with Gasteiger partial charge in [-0.25, -0.2) is 0 Å². The molecule has 0 aliphatic heterocycles. The van der Waals surface area contributed by atoms with E-state index < -0.39 is 0 Å². The topological polar surface area (TPSA) is 64.5 Å². The molecule has 0 radical (unpaired) electrons. The van der Waals surface area contributed by atoms with E-state index >= 15 is 0 Å². The van der Waals surface area contributed by atoms with Crippen molar-refractivity contribution < 1.29 is 10.2 Å². The molecule has 0 saturated heterocycles. The molecule has 4 heteroatoms. The highest BCUT2D eigenvalue weighted by molar-refractivity contribution is 4.42. The number of hydrogen-bond acceptors (Lipinski definition) is 4. The zero-order valence-electron chi connectivity index (χ0n) is 10.3. The molecule has 0 amide bonds. The number of hydrogen-bond donors (Lipinski definition) is 4. The highest BCUT2D eigenvalue weighted by Gasteiger charge is 1.82. The van der Waals surface area contributed by atoms with Crippen LogP contribution in [-0.2, 0) is 0 Å². The van der Waals surface area contributed by atoms with Crippen molar-refractivity contribution in [3.05, 3.63) is 0 Å². The molecule has 0 saturated carbocycles. The largest absolute Gasteiger partial charge is 0.396 e. The van der Waals surface area contributed by atoms with E-state index in [-0.39, 0.29) is 0 Å². The molecular weight excluding hydrogens is 192 g/mol. The maximum absolute atomic E-state index is 8.34. The minimum absolute atomic E-state index is 0.321. The van der Waals surface area contributed by atoms with E-state index in [0.717, 1.165) is 45.3 Å². The molecule has 94 valence electrons. The smallest absolute Gasteiger partial charge is 0.0431 e. The van der Waals surface area contributed by atoms with E-state index in [2.05, 4.69) is 17.6 Å². The van der Waals surface area contributed by atoms with Gasteiger partial charge < -0.3 is 20.8 Å². The Morgan fingerprint density at radius 1 is 0.867 bits per heavy atom. The molecule has 0 heterocycles. The van der Waals surface area contributed by atoms with Gasteiger partial charge in [-0.1, -0.05) is 6.92 Å². The molecule has 0 aromatic carbocycles. The van der Waals surface area contributed by atoms with E-state index in [0.29, 0.717) is 13.2 Å². The minimum atomic E-state index is 0.321. The van der Waals surface area contributed by atoms with E-state index in [9.17, 15) is 0 Å². The molecule has 0 atom stereocenters. The van der Waals surface area contributed by atoms with Gasteiger partial charge >= 0.3 is 0 Å². The first-order valence-corrected chi connectivity index (χ1v) is 5.90. The molecule has 0 rings (SSSR count). The Bertz CT molecular complexity index is 82.7. The molecule has 0 aromatic heterocycles. The summed E-state index contributed by atoms with van der Waals surface area (Å²) in [5.41, 5.74) is 0. The lowest BCUT2D eigenvalue weighted by atomic mass is 10.3. The van der Waals surface area contributed by atoms with Gasteiger partial charge in [0.15, 0.2) is 0 Å². The predicted molar refractivity (Wildman–Crippen MR) is 65.1 cm³/mol. The number of aliphatic hydroxyl groups is 2. The van der Waals surface area contributed by atoms with E-state index in [4.69, 9.17) is 10.2 Å². The Hall–Kier alpha value is -0.160. The quantitative estimate of drug-likeness (QED) is 0.423. The van der Waals surface area contributed by atoms with Gasteiger partial charge in [0.05, 0.1) is 0 Å². The normalized spacial score (nSPS) is 9.60. The summed E-state index contributed by atoms with van der Waals surface area (Å²) in [5, 5.41) is 22.8. The van der Waals surface area contributed by atoms with Crippen LogP contribution >= 0.6 is 0 Å². The van der Waals surface area contributed by atoms with Crippen molar-refractivity contribution in [3.63, 3.8) is 0 Å². The van der Waals surface area contributed by atoms with Gasteiger partial charge in [-0.05, 0) is 52.4 Å². The molecule has 0 bridgehead atoms. The van der Waals surface area contributed by atoms with Gasteiger partial charge in [0, 0.05) is 13.2 Å². The third kappa shape index (κ3) is 24.8. The first-order valence-electron chi connectivity index (χ1n) is 5.90. The van der Waals surface area contributed by atoms with Crippen molar-refractivity contribution in [3.8, 4) is 0 Å². The summed E-state index contributed by atoms with van der Waals surface area (Å²) in [5.74, 6) is 0. The summed E-state index contributed by atoms with van der Waals surface area (Å²) in [7, 11) is 1.91. The second-order valence-electron chi connectivity index (χ2n) is 3.32. The van der Waals surface area contributed by atoms with E-state index in [1.54, 1.807) is 0 Å². The minimum Gasteiger partial charge on any atom is -0.396 e. The maximum atomic E-state index is 8.34. The molecule has 15 heavy (non-hydrogen) atoms. The van der Waals surface area contributed by atoms with Crippen LogP contribution in [0.4, 0.5) is 0 Å². The third-order valence-corrected chi connectivity index (χ3v) is 1.85. The molecule has 4 N–H and O–H groups in total. The SMILES string of the molecule is CCNCCCCO.CNCCCCO. The van der Waals surface area contributed by atoms with Crippen LogP contribution < -0.4 is 10.6 Å². The second kappa shape index (κ2) is 19.4. The summed E-state index contributed by atoms with van der Waals surface area (Å²) >= 11 is 0. The summed E-state index contributed by atoms with van der Waals surface area (Å²) in [4.78, 5) is 0. The zero-order valence-corrected chi connectivity index (χ0v) is 10.3. The van der Waals surface area contributed by atoms with Gasteiger partial charge in [-0.2, -0.15) is 0 Å². The van der Waals surface area contributed by atoms with Crippen molar-refractivity contribution in [1.82, 2.24) is 10.6 Å². The fourth-order valence-electron chi connectivity index (χ4n) is 0.952. The molecule has 0 unspecified atom stereocenters. The highest BCUT2D eigenvalue weighted by Crippen LogP contribution is 1.82. The van der Waals surface area contributed by atoms with Gasteiger partial charge in [0.2, 0.25) is 0 Å². The van der Waals surface area contributed by atoms with E-state index in [1.807, 2.05) is 7.05 Å². The highest BCUT2D eigenvalue weighted by atomic mass is 16.3.